The van der Waals surface area contributed by atoms with Gasteiger partial charge in [-0.2, -0.15) is 0 Å². The van der Waals surface area contributed by atoms with Gasteiger partial charge in [0, 0.05) is 25.9 Å². The molecule has 0 heterocycles. The van der Waals surface area contributed by atoms with Crippen molar-refractivity contribution in [2.24, 2.45) is 0 Å². The Labute approximate surface area is 139 Å². The van der Waals surface area contributed by atoms with Crippen LogP contribution in [0.1, 0.15) is 10.4 Å². The van der Waals surface area contributed by atoms with E-state index in [1.54, 1.807) is 12.1 Å². The third-order valence-electron chi connectivity index (χ3n) is 2.57. The van der Waals surface area contributed by atoms with Crippen LogP contribution in [0.15, 0.2) is 51.8 Å². The predicted octanol–water partition coefficient (Wildman–Crippen LogP) is 4.28. The minimum Gasteiger partial charge on any atom is -0.322 e. The molecule has 2 aromatic carbocycles. The lowest BCUT2D eigenvalue weighted by Gasteiger charge is -2.07. The van der Waals surface area contributed by atoms with Crippen molar-refractivity contribution in [3.8, 4) is 0 Å². The minimum atomic E-state index is -3.78. The van der Waals surface area contributed by atoms with Crippen molar-refractivity contribution >= 4 is 58.9 Å². The summed E-state index contributed by atoms with van der Waals surface area (Å²) in [7, 11) is 1.44. The van der Waals surface area contributed by atoms with E-state index < -0.39 is 9.05 Å². The average molecular weight is 409 g/mol. The number of carbonyl (C=O) groups excluding carboxylic acids is 1. The number of halogens is 3. The maximum atomic E-state index is 12.1. The van der Waals surface area contributed by atoms with Crippen LogP contribution < -0.4 is 5.32 Å². The topological polar surface area (TPSA) is 63.2 Å². The molecule has 0 aliphatic rings. The largest absolute Gasteiger partial charge is 0.322 e. The predicted molar refractivity (Wildman–Crippen MR) is 86.6 cm³/mol. The molecule has 8 heteroatoms. The Bertz CT molecular complexity index is 792. The van der Waals surface area contributed by atoms with Gasteiger partial charge < -0.3 is 5.32 Å². The average Bonchev–Trinajstić information content (AvgIpc) is 2.41. The van der Waals surface area contributed by atoms with E-state index in [-0.39, 0.29) is 10.8 Å². The summed E-state index contributed by atoms with van der Waals surface area (Å²) in [6, 6.07) is 10.4. The Morgan fingerprint density at radius 1 is 1.10 bits per heavy atom. The van der Waals surface area contributed by atoms with Crippen molar-refractivity contribution in [3.05, 3.63) is 57.5 Å². The van der Waals surface area contributed by atoms with Crippen LogP contribution in [0.25, 0.3) is 0 Å². The molecule has 0 fully saturated rings. The zero-order valence-corrected chi connectivity index (χ0v) is 14.2. The Morgan fingerprint density at radius 2 is 1.71 bits per heavy atom. The molecule has 1 N–H and O–H groups in total. The van der Waals surface area contributed by atoms with E-state index >= 15 is 0 Å². The number of hydrogen-bond donors (Lipinski definition) is 1. The summed E-state index contributed by atoms with van der Waals surface area (Å²) in [5, 5.41) is 3.08. The van der Waals surface area contributed by atoms with Gasteiger partial charge in [-0.1, -0.05) is 11.6 Å². The number of amides is 1. The molecule has 0 atom stereocenters. The van der Waals surface area contributed by atoms with Crippen LogP contribution in [-0.2, 0) is 9.05 Å². The second-order valence-electron chi connectivity index (χ2n) is 4.04. The van der Waals surface area contributed by atoms with Gasteiger partial charge >= 0.3 is 0 Å². The molecule has 0 aliphatic carbocycles. The summed E-state index contributed by atoms with van der Waals surface area (Å²) in [6.07, 6.45) is 0. The molecule has 2 aromatic rings. The summed E-state index contributed by atoms with van der Waals surface area (Å²) in [4.78, 5) is 12.1. The van der Waals surface area contributed by atoms with Crippen LogP contribution in [0.4, 0.5) is 5.69 Å². The molecule has 1 amide bonds. The fraction of sp³-hybridized carbons (Fsp3) is 0. The molecule has 0 bridgehead atoms. The first-order valence-corrected chi connectivity index (χ1v) is 9.06. The minimum absolute atomic E-state index is 0.0360. The van der Waals surface area contributed by atoms with E-state index in [0.717, 1.165) is 0 Å². The second kappa shape index (κ2) is 6.36. The van der Waals surface area contributed by atoms with Crippen LogP contribution in [0.3, 0.4) is 0 Å². The zero-order chi connectivity index (χ0) is 15.6. The molecule has 0 spiro atoms. The molecule has 0 saturated carbocycles. The first-order valence-electron chi connectivity index (χ1n) is 5.58. The molecule has 0 radical (unpaired) electrons. The number of anilines is 1. The number of benzene rings is 2. The van der Waals surface area contributed by atoms with Crippen LogP contribution in [0.5, 0.6) is 0 Å². The van der Waals surface area contributed by atoms with Gasteiger partial charge in [0.25, 0.3) is 15.0 Å². The molecule has 0 unspecified atom stereocenters. The van der Waals surface area contributed by atoms with E-state index in [1.807, 2.05) is 0 Å². The fourth-order valence-electron chi connectivity index (χ4n) is 1.57. The monoisotopic (exact) mass is 407 g/mol. The summed E-state index contributed by atoms with van der Waals surface area (Å²) in [5.74, 6) is -0.370. The van der Waals surface area contributed by atoms with Gasteiger partial charge in [-0.3, -0.25) is 4.79 Å². The Hall–Kier alpha value is -1.08. The van der Waals surface area contributed by atoms with Gasteiger partial charge in [-0.25, -0.2) is 8.42 Å². The summed E-state index contributed by atoms with van der Waals surface area (Å²) >= 11 is 9.12. The number of hydrogen-bond acceptors (Lipinski definition) is 3. The maximum Gasteiger partial charge on any atom is 0.261 e. The van der Waals surface area contributed by atoms with Crippen LogP contribution >= 0.6 is 38.2 Å². The summed E-state index contributed by atoms with van der Waals surface area (Å²) in [5.41, 5.74) is 0.812. The molecule has 0 aliphatic heterocycles. The SMILES string of the molecule is O=C(Nc1ccc(S(=O)(=O)Cl)cc1)c1cc(Cl)ccc1Br. The molecule has 110 valence electrons. The smallest absolute Gasteiger partial charge is 0.261 e. The quantitative estimate of drug-likeness (QED) is 0.770. The molecular weight excluding hydrogens is 401 g/mol. The lowest BCUT2D eigenvalue weighted by molar-refractivity contribution is 0.102. The standard InChI is InChI=1S/C13H8BrCl2NO3S/c14-12-6-1-8(15)7-11(12)13(18)17-9-2-4-10(5-3-9)21(16,19)20/h1-7H,(H,17,18). The van der Waals surface area contributed by atoms with E-state index in [4.69, 9.17) is 22.3 Å². The Balaban J connectivity index is 2.22. The van der Waals surface area contributed by atoms with E-state index in [0.29, 0.717) is 20.7 Å². The van der Waals surface area contributed by atoms with E-state index in [1.165, 1.54) is 30.3 Å². The van der Waals surface area contributed by atoms with Crippen molar-refractivity contribution in [1.29, 1.82) is 0 Å². The van der Waals surface area contributed by atoms with Crippen molar-refractivity contribution in [2.45, 2.75) is 4.90 Å². The highest BCUT2D eigenvalue weighted by atomic mass is 79.9. The molecule has 2 rings (SSSR count). The Morgan fingerprint density at radius 3 is 2.29 bits per heavy atom. The highest BCUT2D eigenvalue weighted by Crippen LogP contribution is 2.23. The van der Waals surface area contributed by atoms with Crippen LogP contribution in [-0.4, -0.2) is 14.3 Å². The first-order chi connectivity index (χ1) is 9.77. The fourth-order valence-corrected chi connectivity index (χ4v) is 2.94. The molecule has 0 saturated heterocycles. The third-order valence-corrected chi connectivity index (χ3v) is 4.86. The van der Waals surface area contributed by atoms with E-state index in [9.17, 15) is 13.2 Å². The molecular formula is C13H8BrCl2NO3S. The molecule has 4 nitrogen and oxygen atoms in total. The second-order valence-corrected chi connectivity index (χ2v) is 7.90. The van der Waals surface area contributed by atoms with Gasteiger partial charge in [0.2, 0.25) is 0 Å². The summed E-state index contributed by atoms with van der Waals surface area (Å²) in [6.45, 7) is 0. The number of carbonyl (C=O) groups is 1. The maximum absolute atomic E-state index is 12.1. The highest BCUT2D eigenvalue weighted by molar-refractivity contribution is 9.10. The van der Waals surface area contributed by atoms with Gasteiger partial charge in [-0.15, -0.1) is 0 Å². The van der Waals surface area contributed by atoms with Crippen molar-refractivity contribution in [1.82, 2.24) is 0 Å². The molecule has 0 aromatic heterocycles. The normalized spacial score (nSPS) is 11.2. The zero-order valence-electron chi connectivity index (χ0n) is 10.3. The van der Waals surface area contributed by atoms with E-state index in [2.05, 4.69) is 21.2 Å². The van der Waals surface area contributed by atoms with Crippen molar-refractivity contribution in [2.75, 3.05) is 5.32 Å². The lowest BCUT2D eigenvalue weighted by Crippen LogP contribution is -2.12. The van der Waals surface area contributed by atoms with Crippen molar-refractivity contribution < 1.29 is 13.2 Å². The number of rotatable bonds is 3. The lowest BCUT2D eigenvalue weighted by atomic mass is 10.2. The van der Waals surface area contributed by atoms with Gasteiger partial charge in [-0.05, 0) is 58.4 Å². The number of nitrogens with one attached hydrogen (secondary N) is 1. The highest BCUT2D eigenvalue weighted by Gasteiger charge is 2.13. The van der Waals surface area contributed by atoms with Gasteiger partial charge in [0.15, 0.2) is 0 Å². The summed E-state index contributed by atoms with van der Waals surface area (Å²) < 4.78 is 22.9. The van der Waals surface area contributed by atoms with Crippen LogP contribution in [0, 0.1) is 0 Å². The molecule has 21 heavy (non-hydrogen) atoms. The van der Waals surface area contributed by atoms with Gasteiger partial charge in [0.05, 0.1) is 10.5 Å². The third kappa shape index (κ3) is 4.20. The van der Waals surface area contributed by atoms with Crippen LogP contribution in [0.2, 0.25) is 5.02 Å². The first kappa shape index (κ1) is 16.3. The Kier molecular flexibility index (Phi) is 4.93. The van der Waals surface area contributed by atoms with Crippen molar-refractivity contribution in [3.63, 3.8) is 0 Å². The van der Waals surface area contributed by atoms with Gasteiger partial charge in [0.1, 0.15) is 0 Å².